The second-order valence-corrected chi connectivity index (χ2v) is 3.98. The normalized spacial score (nSPS) is 45.0. The molecule has 64 valence electrons. The van der Waals surface area contributed by atoms with Crippen molar-refractivity contribution in [1.82, 2.24) is 5.32 Å². The lowest BCUT2D eigenvalue weighted by Crippen LogP contribution is -2.52. The highest BCUT2D eigenvalue weighted by molar-refractivity contribution is 4.86. The largest absolute Gasteiger partial charge is 0.316 e. The lowest BCUT2D eigenvalue weighted by Gasteiger charge is -2.40. The van der Waals surface area contributed by atoms with Gasteiger partial charge in [0.25, 0.3) is 0 Å². The van der Waals surface area contributed by atoms with Crippen LogP contribution in [0, 0.1) is 11.8 Å². The number of rotatable bonds is 0. The molecule has 2 fully saturated rings. The van der Waals surface area contributed by atoms with Crippen molar-refractivity contribution in [2.75, 3.05) is 6.54 Å². The lowest BCUT2D eigenvalue weighted by atomic mass is 9.74. The van der Waals surface area contributed by atoms with E-state index in [1.165, 1.54) is 32.1 Å². The van der Waals surface area contributed by atoms with Crippen molar-refractivity contribution in [3.63, 3.8) is 0 Å². The van der Waals surface area contributed by atoms with Crippen molar-refractivity contribution < 1.29 is 0 Å². The van der Waals surface area contributed by atoms with E-state index in [0.29, 0.717) is 6.17 Å². The van der Waals surface area contributed by atoms with Crippen LogP contribution < -0.4 is 11.1 Å². The van der Waals surface area contributed by atoms with Crippen molar-refractivity contribution in [2.45, 2.75) is 38.3 Å². The first-order valence-corrected chi connectivity index (χ1v) is 4.87. The third kappa shape index (κ3) is 1.42. The Hall–Kier alpha value is -0.0800. The SMILES string of the molecule is N[C@H]1NCCC2CCCCC21. The maximum absolute atomic E-state index is 5.98. The summed E-state index contributed by atoms with van der Waals surface area (Å²) in [5, 5.41) is 3.36. The molecule has 2 heteroatoms. The van der Waals surface area contributed by atoms with Gasteiger partial charge < -0.3 is 11.1 Å². The maximum atomic E-state index is 5.98. The van der Waals surface area contributed by atoms with Gasteiger partial charge in [-0.25, -0.2) is 0 Å². The molecule has 3 N–H and O–H groups in total. The van der Waals surface area contributed by atoms with E-state index >= 15 is 0 Å². The second kappa shape index (κ2) is 3.11. The van der Waals surface area contributed by atoms with Crippen LogP contribution in [0.2, 0.25) is 0 Å². The summed E-state index contributed by atoms with van der Waals surface area (Å²) in [5.41, 5.74) is 5.98. The molecule has 0 aromatic heterocycles. The molecule has 0 spiro atoms. The molecule has 0 amide bonds. The molecule has 1 aliphatic heterocycles. The summed E-state index contributed by atoms with van der Waals surface area (Å²) in [5.74, 6) is 1.73. The predicted octanol–water partition coefficient (Wildman–Crippen LogP) is 1.07. The summed E-state index contributed by atoms with van der Waals surface area (Å²) in [7, 11) is 0. The van der Waals surface area contributed by atoms with E-state index in [0.717, 1.165) is 18.4 Å². The van der Waals surface area contributed by atoms with E-state index in [4.69, 9.17) is 5.73 Å². The van der Waals surface area contributed by atoms with Crippen LogP contribution in [-0.2, 0) is 0 Å². The Balaban J connectivity index is 1.99. The maximum Gasteiger partial charge on any atom is 0.0578 e. The molecule has 2 nitrogen and oxygen atoms in total. The fraction of sp³-hybridized carbons (Fsp3) is 1.00. The molecule has 1 saturated carbocycles. The Labute approximate surface area is 68.5 Å². The summed E-state index contributed by atoms with van der Waals surface area (Å²) >= 11 is 0. The van der Waals surface area contributed by atoms with E-state index in [-0.39, 0.29) is 0 Å². The van der Waals surface area contributed by atoms with Gasteiger partial charge in [-0.05, 0) is 31.2 Å². The second-order valence-electron chi connectivity index (χ2n) is 3.98. The molecule has 1 aliphatic carbocycles. The quantitative estimate of drug-likeness (QED) is 0.548. The zero-order valence-electron chi connectivity index (χ0n) is 7.05. The van der Waals surface area contributed by atoms with Gasteiger partial charge in [-0.15, -0.1) is 0 Å². The van der Waals surface area contributed by atoms with E-state index in [2.05, 4.69) is 5.32 Å². The summed E-state index contributed by atoms with van der Waals surface area (Å²) in [6.45, 7) is 1.14. The summed E-state index contributed by atoms with van der Waals surface area (Å²) < 4.78 is 0. The molecule has 1 heterocycles. The van der Waals surface area contributed by atoms with E-state index in [1.54, 1.807) is 0 Å². The van der Waals surface area contributed by atoms with E-state index in [1.807, 2.05) is 0 Å². The Kier molecular flexibility index (Phi) is 2.14. The van der Waals surface area contributed by atoms with Crippen LogP contribution in [0.25, 0.3) is 0 Å². The number of piperidine rings is 1. The van der Waals surface area contributed by atoms with Gasteiger partial charge in [-0.1, -0.05) is 19.3 Å². The van der Waals surface area contributed by atoms with Crippen LogP contribution >= 0.6 is 0 Å². The molecular weight excluding hydrogens is 136 g/mol. The van der Waals surface area contributed by atoms with Crippen LogP contribution in [0.3, 0.4) is 0 Å². The summed E-state index contributed by atoms with van der Waals surface area (Å²) in [6, 6.07) is 0. The first-order chi connectivity index (χ1) is 5.38. The fourth-order valence-corrected chi connectivity index (χ4v) is 2.65. The average Bonchev–Trinajstić information content (AvgIpc) is 2.06. The highest BCUT2D eigenvalue weighted by Gasteiger charge is 2.32. The molecule has 11 heavy (non-hydrogen) atoms. The molecule has 2 unspecified atom stereocenters. The van der Waals surface area contributed by atoms with Crippen molar-refractivity contribution in [1.29, 1.82) is 0 Å². The highest BCUT2D eigenvalue weighted by atomic mass is 15.0. The van der Waals surface area contributed by atoms with E-state index < -0.39 is 0 Å². The van der Waals surface area contributed by atoms with Gasteiger partial charge in [0.1, 0.15) is 0 Å². The zero-order chi connectivity index (χ0) is 7.68. The van der Waals surface area contributed by atoms with Crippen LogP contribution in [0.15, 0.2) is 0 Å². The van der Waals surface area contributed by atoms with Gasteiger partial charge in [-0.3, -0.25) is 0 Å². The van der Waals surface area contributed by atoms with Crippen molar-refractivity contribution >= 4 is 0 Å². The molecule has 0 aromatic rings. The Morgan fingerprint density at radius 3 is 2.73 bits per heavy atom. The first-order valence-electron chi connectivity index (χ1n) is 4.87. The zero-order valence-corrected chi connectivity index (χ0v) is 7.05. The Morgan fingerprint density at radius 1 is 1.09 bits per heavy atom. The van der Waals surface area contributed by atoms with Gasteiger partial charge in [0.15, 0.2) is 0 Å². The number of nitrogens with one attached hydrogen (secondary N) is 1. The van der Waals surface area contributed by atoms with Gasteiger partial charge >= 0.3 is 0 Å². The van der Waals surface area contributed by atoms with Gasteiger partial charge in [0.2, 0.25) is 0 Å². The van der Waals surface area contributed by atoms with Crippen molar-refractivity contribution in [2.24, 2.45) is 17.6 Å². The Bertz CT molecular complexity index is 134. The van der Waals surface area contributed by atoms with E-state index in [9.17, 15) is 0 Å². The fourth-order valence-electron chi connectivity index (χ4n) is 2.65. The van der Waals surface area contributed by atoms with Gasteiger partial charge in [0, 0.05) is 0 Å². The standard InChI is InChI=1S/C9H18N2/c10-9-8-4-2-1-3-7(8)5-6-11-9/h7-9,11H,1-6,10H2/t7?,8?,9-/m0/s1. The van der Waals surface area contributed by atoms with Crippen molar-refractivity contribution in [3.05, 3.63) is 0 Å². The van der Waals surface area contributed by atoms with Crippen LogP contribution in [0.4, 0.5) is 0 Å². The number of fused-ring (bicyclic) bond motifs is 1. The van der Waals surface area contributed by atoms with Crippen LogP contribution in [-0.4, -0.2) is 12.7 Å². The van der Waals surface area contributed by atoms with Crippen LogP contribution in [0.5, 0.6) is 0 Å². The topological polar surface area (TPSA) is 38.0 Å². The Morgan fingerprint density at radius 2 is 1.91 bits per heavy atom. The smallest absolute Gasteiger partial charge is 0.0578 e. The molecule has 2 aliphatic rings. The molecule has 1 saturated heterocycles. The molecule has 0 aromatic carbocycles. The van der Waals surface area contributed by atoms with Gasteiger partial charge in [-0.2, -0.15) is 0 Å². The number of hydrogen-bond acceptors (Lipinski definition) is 2. The number of nitrogens with two attached hydrogens (primary N) is 1. The summed E-state index contributed by atoms with van der Waals surface area (Å²) in [6.07, 6.45) is 7.29. The molecule has 0 radical (unpaired) electrons. The van der Waals surface area contributed by atoms with Gasteiger partial charge in [0.05, 0.1) is 6.17 Å². The minimum atomic E-state index is 0.300. The molecular formula is C9H18N2. The minimum Gasteiger partial charge on any atom is -0.316 e. The van der Waals surface area contributed by atoms with Crippen LogP contribution in [0.1, 0.15) is 32.1 Å². The summed E-state index contributed by atoms with van der Waals surface area (Å²) in [4.78, 5) is 0. The minimum absolute atomic E-state index is 0.300. The number of hydrogen-bond donors (Lipinski definition) is 2. The first kappa shape index (κ1) is 7.56. The molecule has 0 bridgehead atoms. The van der Waals surface area contributed by atoms with Crippen molar-refractivity contribution in [3.8, 4) is 0 Å². The third-order valence-electron chi connectivity index (χ3n) is 3.32. The lowest BCUT2D eigenvalue weighted by molar-refractivity contribution is 0.137. The average molecular weight is 154 g/mol. The highest BCUT2D eigenvalue weighted by Crippen LogP contribution is 2.35. The monoisotopic (exact) mass is 154 g/mol. The predicted molar refractivity (Wildman–Crippen MR) is 46.0 cm³/mol. The third-order valence-corrected chi connectivity index (χ3v) is 3.32. The molecule has 3 atom stereocenters. The molecule has 2 rings (SSSR count).